The van der Waals surface area contributed by atoms with Crippen molar-refractivity contribution in [2.45, 2.75) is 25.8 Å². The predicted molar refractivity (Wildman–Crippen MR) is 55.7 cm³/mol. The molecule has 1 heterocycles. The van der Waals surface area contributed by atoms with Gasteiger partial charge < -0.3 is 5.32 Å². The quantitative estimate of drug-likeness (QED) is 0.726. The summed E-state index contributed by atoms with van der Waals surface area (Å²) >= 11 is 0. The van der Waals surface area contributed by atoms with Crippen molar-refractivity contribution < 1.29 is 0 Å². The van der Waals surface area contributed by atoms with Gasteiger partial charge in [0, 0.05) is 6.04 Å². The second-order valence-electron chi connectivity index (χ2n) is 4.14. The highest BCUT2D eigenvalue weighted by Gasteiger charge is 2.19. The van der Waals surface area contributed by atoms with E-state index in [0.29, 0.717) is 6.04 Å². The number of rotatable bonds is 2. The van der Waals surface area contributed by atoms with Gasteiger partial charge in [-0.2, -0.15) is 0 Å². The Bertz CT molecular complexity index is 255. The first-order valence-corrected chi connectivity index (χ1v) is 5.12. The predicted octanol–water partition coefficient (Wildman–Crippen LogP) is 2.23. The van der Waals surface area contributed by atoms with Crippen LogP contribution in [0.4, 0.5) is 0 Å². The molecule has 1 saturated heterocycles. The van der Waals surface area contributed by atoms with Crippen LogP contribution in [0.5, 0.6) is 0 Å². The maximum Gasteiger partial charge on any atom is 0.0111 e. The summed E-state index contributed by atoms with van der Waals surface area (Å²) < 4.78 is 0. The van der Waals surface area contributed by atoms with Crippen LogP contribution in [0.3, 0.4) is 0 Å². The van der Waals surface area contributed by atoms with Crippen LogP contribution in [0.25, 0.3) is 0 Å². The van der Waals surface area contributed by atoms with Gasteiger partial charge in [-0.1, -0.05) is 37.3 Å². The first kappa shape index (κ1) is 8.76. The first-order valence-electron chi connectivity index (χ1n) is 5.12. The lowest BCUT2D eigenvalue weighted by Crippen LogP contribution is -2.23. The van der Waals surface area contributed by atoms with E-state index in [9.17, 15) is 0 Å². The van der Waals surface area contributed by atoms with Gasteiger partial charge >= 0.3 is 0 Å². The Hall–Kier alpha value is -0.820. The number of nitrogens with one attached hydrogen (secondary N) is 1. The molecule has 13 heavy (non-hydrogen) atoms. The first-order chi connectivity index (χ1) is 6.34. The molecule has 1 nitrogen and oxygen atoms in total. The summed E-state index contributed by atoms with van der Waals surface area (Å²) in [6, 6.07) is 11.4. The maximum absolute atomic E-state index is 3.55. The zero-order valence-corrected chi connectivity index (χ0v) is 8.16. The lowest BCUT2D eigenvalue weighted by atomic mass is 10.0. The number of benzene rings is 1. The van der Waals surface area contributed by atoms with Gasteiger partial charge in [-0.05, 0) is 30.9 Å². The van der Waals surface area contributed by atoms with E-state index in [2.05, 4.69) is 42.6 Å². The SMILES string of the molecule is C[C@H]1CN[C@H](Cc2ccccc2)C1. The van der Waals surface area contributed by atoms with Gasteiger partial charge in [-0.15, -0.1) is 0 Å². The standard InChI is InChI=1S/C12H17N/c1-10-7-12(13-9-10)8-11-5-3-2-4-6-11/h2-6,10,12-13H,7-9H2,1H3/t10-,12+/m1/s1. The lowest BCUT2D eigenvalue weighted by molar-refractivity contribution is 0.581. The molecule has 0 unspecified atom stereocenters. The highest BCUT2D eigenvalue weighted by Crippen LogP contribution is 2.16. The van der Waals surface area contributed by atoms with Crippen molar-refractivity contribution >= 4 is 0 Å². The minimum absolute atomic E-state index is 0.706. The summed E-state index contributed by atoms with van der Waals surface area (Å²) in [6.45, 7) is 3.51. The van der Waals surface area contributed by atoms with Gasteiger partial charge in [0.05, 0.1) is 0 Å². The minimum Gasteiger partial charge on any atom is -0.313 e. The molecule has 2 atom stereocenters. The Morgan fingerprint density at radius 1 is 1.31 bits per heavy atom. The summed E-state index contributed by atoms with van der Waals surface area (Å²) in [7, 11) is 0. The molecule has 2 rings (SSSR count). The van der Waals surface area contributed by atoms with E-state index in [1.54, 1.807) is 0 Å². The van der Waals surface area contributed by atoms with E-state index in [1.165, 1.54) is 24.9 Å². The molecule has 1 aliphatic heterocycles. The van der Waals surface area contributed by atoms with Crippen molar-refractivity contribution in [3.8, 4) is 0 Å². The van der Waals surface area contributed by atoms with Crippen molar-refractivity contribution in [1.82, 2.24) is 5.32 Å². The van der Waals surface area contributed by atoms with Crippen molar-refractivity contribution in [2.75, 3.05) is 6.54 Å². The van der Waals surface area contributed by atoms with Gasteiger partial charge in [-0.3, -0.25) is 0 Å². The van der Waals surface area contributed by atoms with Crippen molar-refractivity contribution in [1.29, 1.82) is 0 Å². The van der Waals surface area contributed by atoms with Gasteiger partial charge in [0.1, 0.15) is 0 Å². The molecule has 1 aromatic rings. The van der Waals surface area contributed by atoms with Crippen molar-refractivity contribution in [2.24, 2.45) is 5.92 Å². The molecule has 1 aliphatic rings. The highest BCUT2D eigenvalue weighted by molar-refractivity contribution is 5.16. The number of hydrogen-bond acceptors (Lipinski definition) is 1. The fraction of sp³-hybridized carbons (Fsp3) is 0.500. The van der Waals surface area contributed by atoms with E-state index < -0.39 is 0 Å². The Kier molecular flexibility index (Phi) is 2.65. The molecule has 0 aromatic heterocycles. The van der Waals surface area contributed by atoms with E-state index in [0.717, 1.165) is 5.92 Å². The molecule has 0 saturated carbocycles. The largest absolute Gasteiger partial charge is 0.313 e. The molecule has 1 heteroatoms. The molecule has 0 spiro atoms. The minimum atomic E-state index is 0.706. The third-order valence-electron chi connectivity index (χ3n) is 2.77. The van der Waals surface area contributed by atoms with Crippen LogP contribution in [0.2, 0.25) is 0 Å². The molecule has 0 amide bonds. The smallest absolute Gasteiger partial charge is 0.0111 e. The molecule has 0 aliphatic carbocycles. The molecular formula is C12H17N. The van der Waals surface area contributed by atoms with Crippen LogP contribution in [0.15, 0.2) is 30.3 Å². The van der Waals surface area contributed by atoms with Crippen LogP contribution in [-0.4, -0.2) is 12.6 Å². The third-order valence-corrected chi connectivity index (χ3v) is 2.77. The molecular weight excluding hydrogens is 158 g/mol. The average Bonchev–Trinajstić information content (AvgIpc) is 2.53. The average molecular weight is 175 g/mol. The van der Waals surface area contributed by atoms with Crippen LogP contribution < -0.4 is 5.32 Å². The van der Waals surface area contributed by atoms with Crippen LogP contribution in [-0.2, 0) is 6.42 Å². The molecule has 70 valence electrons. The van der Waals surface area contributed by atoms with Gasteiger partial charge in [0.25, 0.3) is 0 Å². The topological polar surface area (TPSA) is 12.0 Å². The second-order valence-corrected chi connectivity index (χ2v) is 4.14. The molecule has 1 N–H and O–H groups in total. The lowest BCUT2D eigenvalue weighted by Gasteiger charge is -2.09. The van der Waals surface area contributed by atoms with Gasteiger partial charge in [0.15, 0.2) is 0 Å². The Morgan fingerprint density at radius 3 is 2.69 bits per heavy atom. The van der Waals surface area contributed by atoms with E-state index >= 15 is 0 Å². The third kappa shape index (κ3) is 2.31. The van der Waals surface area contributed by atoms with Crippen LogP contribution in [0, 0.1) is 5.92 Å². The van der Waals surface area contributed by atoms with E-state index in [4.69, 9.17) is 0 Å². The summed E-state index contributed by atoms with van der Waals surface area (Å²) in [5.41, 5.74) is 1.45. The van der Waals surface area contributed by atoms with E-state index in [-0.39, 0.29) is 0 Å². The molecule has 0 radical (unpaired) electrons. The maximum atomic E-state index is 3.55. The van der Waals surface area contributed by atoms with Crippen molar-refractivity contribution in [3.05, 3.63) is 35.9 Å². The van der Waals surface area contributed by atoms with Crippen molar-refractivity contribution in [3.63, 3.8) is 0 Å². The zero-order chi connectivity index (χ0) is 9.10. The Labute approximate surface area is 80.2 Å². The summed E-state index contributed by atoms with van der Waals surface area (Å²) in [5, 5.41) is 3.55. The Balaban J connectivity index is 1.92. The van der Waals surface area contributed by atoms with Crippen LogP contribution in [0.1, 0.15) is 18.9 Å². The Morgan fingerprint density at radius 2 is 2.08 bits per heavy atom. The monoisotopic (exact) mass is 175 g/mol. The highest BCUT2D eigenvalue weighted by atomic mass is 14.9. The fourth-order valence-electron chi connectivity index (χ4n) is 2.07. The summed E-state index contributed by atoms with van der Waals surface area (Å²) in [4.78, 5) is 0. The zero-order valence-electron chi connectivity index (χ0n) is 8.16. The van der Waals surface area contributed by atoms with Crippen LogP contribution >= 0.6 is 0 Å². The molecule has 0 bridgehead atoms. The summed E-state index contributed by atoms with van der Waals surface area (Å²) in [5.74, 6) is 0.855. The normalized spacial score (nSPS) is 27.8. The summed E-state index contributed by atoms with van der Waals surface area (Å²) in [6.07, 6.45) is 2.51. The van der Waals surface area contributed by atoms with E-state index in [1.807, 2.05) is 0 Å². The fourth-order valence-corrected chi connectivity index (χ4v) is 2.07. The number of hydrogen-bond donors (Lipinski definition) is 1. The molecule has 1 fully saturated rings. The van der Waals surface area contributed by atoms with Gasteiger partial charge in [0.2, 0.25) is 0 Å². The van der Waals surface area contributed by atoms with Gasteiger partial charge in [-0.25, -0.2) is 0 Å². The molecule has 1 aromatic carbocycles. The second kappa shape index (κ2) is 3.93.